The molecule has 0 aliphatic carbocycles. The topological polar surface area (TPSA) is 112 Å². The number of ether oxygens (including phenoxy) is 3. The third kappa shape index (κ3) is 6.65. The molecule has 5 atom stereocenters. The number of fused-ring (bicyclic) bond motifs is 1. The fourth-order valence-electron chi connectivity index (χ4n) is 5.11. The fraction of sp³-hybridized carbons (Fsp3) is 0.344. The van der Waals surface area contributed by atoms with Gasteiger partial charge in [0.1, 0.15) is 0 Å². The molecule has 5 rings (SSSR count). The number of carbonyl (C=O) groups excluding carboxylic acids is 2. The summed E-state index contributed by atoms with van der Waals surface area (Å²) in [7, 11) is 0. The molecule has 4 aromatic rings. The highest BCUT2D eigenvalue weighted by Crippen LogP contribution is 2.42. The van der Waals surface area contributed by atoms with Gasteiger partial charge in [-0.05, 0) is 35.7 Å². The Kier molecular flexibility index (Phi) is 8.78. The highest BCUT2D eigenvalue weighted by atomic mass is 16.7. The molecule has 0 bridgehead atoms. The summed E-state index contributed by atoms with van der Waals surface area (Å²) in [6.07, 6.45) is -0.0211. The van der Waals surface area contributed by atoms with Crippen LogP contribution in [0.15, 0.2) is 79.1 Å². The minimum absolute atomic E-state index is 0.0150. The van der Waals surface area contributed by atoms with Gasteiger partial charge in [0.2, 0.25) is 0 Å². The van der Waals surface area contributed by atoms with Gasteiger partial charge in [0.25, 0.3) is 5.91 Å². The first-order valence-corrected chi connectivity index (χ1v) is 13.8. The Hall–Kier alpha value is -4.05. The number of aromatic nitrogens is 2. The number of carbonyl (C=O) groups is 2. The van der Waals surface area contributed by atoms with E-state index >= 15 is 0 Å². The summed E-state index contributed by atoms with van der Waals surface area (Å²) in [6, 6.07) is 23.6. The molecule has 5 unspecified atom stereocenters. The van der Waals surface area contributed by atoms with Gasteiger partial charge in [0.15, 0.2) is 12.4 Å². The van der Waals surface area contributed by atoms with Gasteiger partial charge in [-0.25, -0.2) is 4.98 Å². The summed E-state index contributed by atoms with van der Waals surface area (Å²) in [5.74, 6) is -0.829. The average molecular weight is 558 g/mol. The van der Waals surface area contributed by atoms with Crippen LogP contribution in [-0.2, 0) is 43.5 Å². The summed E-state index contributed by atoms with van der Waals surface area (Å²) in [4.78, 5) is 27.9. The van der Waals surface area contributed by atoms with E-state index < -0.39 is 18.4 Å². The maximum atomic E-state index is 12.2. The molecule has 1 amide bonds. The van der Waals surface area contributed by atoms with Gasteiger partial charge in [-0.2, -0.15) is 0 Å². The number of hydrogen-bond donors (Lipinski definition) is 2. The molecule has 2 N–H and O–H groups in total. The lowest BCUT2D eigenvalue weighted by molar-refractivity contribution is -0.276. The molecule has 1 aliphatic rings. The molecule has 214 valence electrons. The predicted molar refractivity (Wildman–Crippen MR) is 152 cm³/mol. The van der Waals surface area contributed by atoms with E-state index in [0.717, 1.165) is 33.3 Å². The Morgan fingerprint density at radius 1 is 1.00 bits per heavy atom. The summed E-state index contributed by atoms with van der Waals surface area (Å²) >= 11 is 0. The lowest BCUT2D eigenvalue weighted by atomic mass is 9.90. The Labute approximate surface area is 239 Å². The summed E-state index contributed by atoms with van der Waals surface area (Å²) in [6.45, 7) is 5.83. The Morgan fingerprint density at radius 2 is 1.68 bits per heavy atom. The average Bonchev–Trinajstić information content (AvgIpc) is 3.39. The summed E-state index contributed by atoms with van der Waals surface area (Å²) < 4.78 is 20.2. The fourth-order valence-corrected chi connectivity index (χ4v) is 5.11. The van der Waals surface area contributed by atoms with Crippen molar-refractivity contribution in [1.29, 1.82) is 0 Å². The number of aliphatic hydroxyl groups is 1. The number of benzene rings is 3. The predicted octanol–water partition coefficient (Wildman–Crippen LogP) is 4.59. The van der Waals surface area contributed by atoms with E-state index in [1.807, 2.05) is 73.1 Å². The monoisotopic (exact) mass is 557 g/mol. The second kappa shape index (κ2) is 12.6. The Bertz CT molecular complexity index is 1480. The summed E-state index contributed by atoms with van der Waals surface area (Å²) in [5, 5.41) is 12.3. The van der Waals surface area contributed by atoms with E-state index in [1.54, 1.807) is 0 Å². The number of amides is 1. The number of nitrogens with one attached hydrogen (secondary N) is 1. The number of imidazole rings is 1. The van der Waals surface area contributed by atoms with Crippen molar-refractivity contribution in [3.63, 3.8) is 0 Å². The van der Waals surface area contributed by atoms with Crippen LogP contribution >= 0.6 is 0 Å². The molecule has 0 saturated carbocycles. The molecule has 1 fully saturated rings. The molecule has 0 radical (unpaired) electrons. The molecule has 3 aromatic carbocycles. The van der Waals surface area contributed by atoms with Crippen LogP contribution in [-0.4, -0.2) is 38.7 Å². The van der Waals surface area contributed by atoms with Gasteiger partial charge < -0.3 is 29.2 Å². The second-order valence-electron chi connectivity index (χ2n) is 10.4. The van der Waals surface area contributed by atoms with Crippen LogP contribution in [0.2, 0.25) is 0 Å². The quantitative estimate of drug-likeness (QED) is 0.290. The van der Waals surface area contributed by atoms with Crippen molar-refractivity contribution in [3.05, 3.63) is 101 Å². The number of hydrogen-bond acceptors (Lipinski definition) is 7. The first-order valence-electron chi connectivity index (χ1n) is 13.8. The van der Waals surface area contributed by atoms with Crippen molar-refractivity contribution in [2.45, 2.75) is 65.1 Å². The van der Waals surface area contributed by atoms with Crippen molar-refractivity contribution in [3.8, 4) is 0 Å². The maximum absolute atomic E-state index is 12.2. The van der Waals surface area contributed by atoms with Gasteiger partial charge in [-0.15, -0.1) is 0 Å². The molecular weight excluding hydrogens is 522 g/mol. The van der Waals surface area contributed by atoms with Gasteiger partial charge in [-0.3, -0.25) is 9.59 Å². The van der Waals surface area contributed by atoms with Crippen LogP contribution in [0.5, 0.6) is 0 Å². The number of rotatable bonds is 9. The zero-order valence-corrected chi connectivity index (χ0v) is 23.4. The lowest BCUT2D eigenvalue weighted by Crippen LogP contribution is -2.39. The van der Waals surface area contributed by atoms with E-state index in [-0.39, 0.29) is 30.6 Å². The van der Waals surface area contributed by atoms with Gasteiger partial charge in [-0.1, -0.05) is 67.6 Å². The molecule has 1 aliphatic heterocycles. The number of nitrogens with zero attached hydrogens (tertiary/aromatic N) is 2. The van der Waals surface area contributed by atoms with E-state index in [9.17, 15) is 14.7 Å². The first kappa shape index (κ1) is 28.5. The van der Waals surface area contributed by atoms with E-state index in [4.69, 9.17) is 14.2 Å². The lowest BCUT2D eigenvalue weighted by Gasteiger charge is -2.41. The minimum Gasteiger partial charge on any atom is -0.453 e. The van der Waals surface area contributed by atoms with E-state index in [2.05, 4.69) is 27.9 Å². The van der Waals surface area contributed by atoms with Crippen molar-refractivity contribution in [2.75, 3.05) is 0 Å². The van der Waals surface area contributed by atoms with Gasteiger partial charge in [0, 0.05) is 24.9 Å². The second-order valence-corrected chi connectivity index (χ2v) is 10.4. The maximum Gasteiger partial charge on any atom is 0.303 e. The van der Waals surface area contributed by atoms with E-state index in [0.29, 0.717) is 13.1 Å². The van der Waals surface area contributed by atoms with Crippen molar-refractivity contribution >= 4 is 22.9 Å². The third-order valence-electron chi connectivity index (χ3n) is 7.46. The number of esters is 1. The van der Waals surface area contributed by atoms with Gasteiger partial charge >= 0.3 is 5.97 Å². The molecule has 0 spiro atoms. The minimum atomic E-state index is -0.856. The Balaban J connectivity index is 1.35. The van der Waals surface area contributed by atoms with Crippen LogP contribution in [0.4, 0.5) is 0 Å². The smallest absolute Gasteiger partial charge is 0.303 e. The van der Waals surface area contributed by atoms with Crippen LogP contribution in [0.3, 0.4) is 0 Å². The van der Waals surface area contributed by atoms with Crippen molar-refractivity contribution in [1.82, 2.24) is 14.9 Å². The van der Waals surface area contributed by atoms with Crippen LogP contribution in [0, 0.1) is 5.92 Å². The van der Waals surface area contributed by atoms with Gasteiger partial charge in [0.05, 0.1) is 42.7 Å². The molecule has 1 aromatic heterocycles. The third-order valence-corrected chi connectivity index (χ3v) is 7.46. The van der Waals surface area contributed by atoms with Crippen LogP contribution in [0.1, 0.15) is 55.4 Å². The molecule has 2 heterocycles. The first-order chi connectivity index (χ1) is 19.8. The van der Waals surface area contributed by atoms with Crippen molar-refractivity contribution < 1.29 is 28.9 Å². The SMILES string of the molecule is CC(=O)OC(C)C(=O)NCc1ccc(C2OC(Cn3cnc4ccccc43)C(C)C(c3ccc(CO)cc3)O2)cc1. The molecule has 9 heteroatoms. The molecule has 9 nitrogen and oxygen atoms in total. The van der Waals surface area contributed by atoms with Crippen LogP contribution < -0.4 is 5.32 Å². The zero-order valence-electron chi connectivity index (χ0n) is 23.4. The zero-order chi connectivity index (χ0) is 28.9. The molecular formula is C32H35N3O6. The summed E-state index contributed by atoms with van der Waals surface area (Å²) in [5.41, 5.74) is 5.59. The van der Waals surface area contributed by atoms with E-state index in [1.165, 1.54) is 13.8 Å². The molecule has 1 saturated heterocycles. The van der Waals surface area contributed by atoms with Crippen molar-refractivity contribution in [2.24, 2.45) is 5.92 Å². The highest BCUT2D eigenvalue weighted by Gasteiger charge is 2.38. The normalized spacial score (nSPS) is 21.4. The standard InChI is InChI=1S/C32H35N3O6/c1-20-29(17-35-19-34-27-6-4-5-7-28(27)35)40-32(41-30(20)25-12-10-24(18-36)11-13-25)26-14-8-23(9-15-26)16-33-31(38)21(2)39-22(3)37/h4-15,19-21,29-30,32,36H,16-18H2,1-3H3,(H,33,38). The Morgan fingerprint density at radius 3 is 2.39 bits per heavy atom. The highest BCUT2D eigenvalue weighted by molar-refractivity contribution is 5.82. The largest absolute Gasteiger partial charge is 0.453 e. The van der Waals surface area contributed by atoms with Crippen LogP contribution in [0.25, 0.3) is 11.0 Å². The number of aliphatic hydroxyl groups excluding tert-OH is 1. The number of para-hydroxylation sites is 2. The molecule has 41 heavy (non-hydrogen) atoms.